The van der Waals surface area contributed by atoms with E-state index >= 15 is 0 Å². The maximum Gasteiger partial charge on any atom is 0.0328 e. The van der Waals surface area contributed by atoms with Crippen LogP contribution in [0.4, 0.5) is 0 Å². The number of likely N-dealkylation sites (N-methyl/N-ethyl adjacent to an activating group) is 1. The van der Waals surface area contributed by atoms with E-state index in [1.807, 2.05) is 11.3 Å². The summed E-state index contributed by atoms with van der Waals surface area (Å²) >= 11 is 1.81. The third-order valence-electron chi connectivity index (χ3n) is 2.73. The summed E-state index contributed by atoms with van der Waals surface area (Å²) in [4.78, 5) is 3.78. The van der Waals surface area contributed by atoms with Crippen molar-refractivity contribution >= 4 is 11.3 Å². The normalized spacial score (nSPS) is 14.4. The van der Waals surface area contributed by atoms with Crippen molar-refractivity contribution in [2.24, 2.45) is 11.1 Å². The van der Waals surface area contributed by atoms with Crippen molar-refractivity contribution in [3.05, 3.63) is 22.4 Å². The second kappa shape index (κ2) is 5.80. The Kier molecular flexibility index (Phi) is 4.96. The Balaban J connectivity index is 2.52. The fraction of sp³-hybridized carbons (Fsp3) is 0.692. The second-order valence-electron chi connectivity index (χ2n) is 5.65. The maximum atomic E-state index is 5.87. The quantitative estimate of drug-likeness (QED) is 0.857. The first-order valence-corrected chi connectivity index (χ1v) is 6.73. The summed E-state index contributed by atoms with van der Waals surface area (Å²) in [6, 6.07) is 4.77. The summed E-state index contributed by atoms with van der Waals surface area (Å²) in [7, 11) is 2.17. The van der Waals surface area contributed by atoms with E-state index in [0.717, 1.165) is 19.5 Å². The molecular weight excluding hydrogens is 216 g/mol. The molecule has 0 aromatic carbocycles. The van der Waals surface area contributed by atoms with Gasteiger partial charge in [-0.25, -0.2) is 0 Å². The van der Waals surface area contributed by atoms with E-state index in [-0.39, 0.29) is 0 Å². The van der Waals surface area contributed by atoms with Crippen LogP contribution in [0.2, 0.25) is 0 Å². The van der Waals surface area contributed by atoms with Crippen molar-refractivity contribution in [3.63, 3.8) is 0 Å². The lowest BCUT2D eigenvalue weighted by Gasteiger charge is -2.32. The molecule has 0 spiro atoms. The molecule has 1 rings (SSSR count). The molecule has 0 aliphatic heterocycles. The molecule has 1 aromatic rings. The van der Waals surface area contributed by atoms with Gasteiger partial charge in [0.2, 0.25) is 0 Å². The zero-order valence-corrected chi connectivity index (χ0v) is 11.7. The highest BCUT2D eigenvalue weighted by molar-refractivity contribution is 7.09. The van der Waals surface area contributed by atoms with Gasteiger partial charge in [-0.2, -0.15) is 0 Å². The predicted octanol–water partition coefficient (Wildman–Crippen LogP) is 2.94. The highest BCUT2D eigenvalue weighted by Crippen LogP contribution is 2.24. The van der Waals surface area contributed by atoms with Crippen molar-refractivity contribution < 1.29 is 0 Å². The number of nitrogens with two attached hydrogens (primary N) is 1. The summed E-state index contributed by atoms with van der Waals surface area (Å²) in [6.45, 7) is 8.56. The van der Waals surface area contributed by atoms with Gasteiger partial charge in [0.15, 0.2) is 0 Å². The van der Waals surface area contributed by atoms with Crippen LogP contribution >= 0.6 is 11.3 Å². The van der Waals surface area contributed by atoms with Crippen LogP contribution in [0.1, 0.15) is 32.1 Å². The topological polar surface area (TPSA) is 29.3 Å². The molecule has 16 heavy (non-hydrogen) atoms. The predicted molar refractivity (Wildman–Crippen MR) is 72.7 cm³/mol. The molecule has 0 radical (unpaired) electrons. The minimum Gasteiger partial charge on any atom is -0.329 e. The highest BCUT2D eigenvalue weighted by atomic mass is 32.1. The molecule has 0 saturated carbocycles. The maximum absolute atomic E-state index is 5.87. The lowest BCUT2D eigenvalue weighted by Crippen LogP contribution is -2.39. The van der Waals surface area contributed by atoms with Gasteiger partial charge in [0.05, 0.1) is 0 Å². The molecule has 3 heteroatoms. The molecule has 0 aliphatic rings. The first-order chi connectivity index (χ1) is 7.42. The smallest absolute Gasteiger partial charge is 0.0328 e. The Bertz CT molecular complexity index is 287. The summed E-state index contributed by atoms with van der Waals surface area (Å²) in [5.41, 5.74) is 6.21. The van der Waals surface area contributed by atoms with Crippen LogP contribution in [0.5, 0.6) is 0 Å². The van der Waals surface area contributed by atoms with Gasteiger partial charge >= 0.3 is 0 Å². The average Bonchev–Trinajstić information content (AvgIpc) is 2.65. The first-order valence-electron chi connectivity index (χ1n) is 5.85. The fourth-order valence-electron chi connectivity index (χ4n) is 1.90. The van der Waals surface area contributed by atoms with Crippen LogP contribution in [0, 0.1) is 5.41 Å². The van der Waals surface area contributed by atoms with Crippen molar-refractivity contribution in [1.82, 2.24) is 4.90 Å². The van der Waals surface area contributed by atoms with E-state index in [0.29, 0.717) is 11.5 Å². The van der Waals surface area contributed by atoms with Gasteiger partial charge in [-0.05, 0) is 30.3 Å². The fourth-order valence-corrected chi connectivity index (χ4v) is 2.67. The SMILES string of the molecule is CN(Cc1cccs1)C(CN)CC(C)(C)C. The van der Waals surface area contributed by atoms with Crippen LogP contribution in [0.15, 0.2) is 17.5 Å². The minimum absolute atomic E-state index is 0.341. The molecule has 92 valence electrons. The van der Waals surface area contributed by atoms with Gasteiger partial charge in [-0.15, -0.1) is 11.3 Å². The van der Waals surface area contributed by atoms with Crippen LogP contribution in [-0.4, -0.2) is 24.5 Å². The third kappa shape index (κ3) is 4.64. The molecule has 1 atom stereocenters. The number of hydrogen-bond acceptors (Lipinski definition) is 3. The molecule has 0 saturated heterocycles. The number of hydrogen-bond donors (Lipinski definition) is 1. The Morgan fingerprint density at radius 1 is 1.44 bits per heavy atom. The van der Waals surface area contributed by atoms with Gasteiger partial charge in [-0.3, -0.25) is 4.90 Å². The molecule has 1 aromatic heterocycles. The first kappa shape index (κ1) is 13.7. The molecule has 0 fully saturated rings. The van der Waals surface area contributed by atoms with Crippen LogP contribution in [0.25, 0.3) is 0 Å². The van der Waals surface area contributed by atoms with Crippen molar-refractivity contribution in [2.45, 2.75) is 39.8 Å². The lowest BCUT2D eigenvalue weighted by molar-refractivity contribution is 0.178. The third-order valence-corrected chi connectivity index (χ3v) is 3.59. The molecule has 2 nitrogen and oxygen atoms in total. The molecule has 2 N–H and O–H groups in total. The summed E-state index contributed by atoms with van der Waals surface area (Å²) < 4.78 is 0. The van der Waals surface area contributed by atoms with Crippen LogP contribution < -0.4 is 5.73 Å². The van der Waals surface area contributed by atoms with E-state index in [1.165, 1.54) is 4.88 Å². The monoisotopic (exact) mass is 240 g/mol. The van der Waals surface area contributed by atoms with Gasteiger partial charge < -0.3 is 5.73 Å². The van der Waals surface area contributed by atoms with Crippen LogP contribution in [0.3, 0.4) is 0 Å². The summed E-state index contributed by atoms with van der Waals surface area (Å²) in [5.74, 6) is 0. The number of nitrogens with zero attached hydrogens (tertiary/aromatic N) is 1. The number of rotatable bonds is 5. The van der Waals surface area contributed by atoms with E-state index in [1.54, 1.807) is 0 Å². The molecule has 1 heterocycles. The van der Waals surface area contributed by atoms with Gasteiger partial charge in [0, 0.05) is 24.0 Å². The van der Waals surface area contributed by atoms with E-state index in [2.05, 4.69) is 50.2 Å². The largest absolute Gasteiger partial charge is 0.329 e. The van der Waals surface area contributed by atoms with E-state index in [4.69, 9.17) is 5.73 Å². The summed E-state index contributed by atoms with van der Waals surface area (Å²) in [5, 5.41) is 2.13. The van der Waals surface area contributed by atoms with E-state index < -0.39 is 0 Å². The Morgan fingerprint density at radius 2 is 2.12 bits per heavy atom. The van der Waals surface area contributed by atoms with Gasteiger partial charge in [-0.1, -0.05) is 26.8 Å². The lowest BCUT2D eigenvalue weighted by atomic mass is 9.87. The van der Waals surface area contributed by atoms with Crippen molar-refractivity contribution in [3.8, 4) is 0 Å². The van der Waals surface area contributed by atoms with Crippen molar-refractivity contribution in [1.29, 1.82) is 0 Å². The standard InChI is InChI=1S/C13H24N2S/c1-13(2,3)8-11(9-14)15(4)10-12-6-5-7-16-12/h5-7,11H,8-10,14H2,1-4H3. The summed E-state index contributed by atoms with van der Waals surface area (Å²) in [6.07, 6.45) is 1.14. The van der Waals surface area contributed by atoms with E-state index in [9.17, 15) is 0 Å². The molecular formula is C13H24N2S. The van der Waals surface area contributed by atoms with Crippen molar-refractivity contribution in [2.75, 3.05) is 13.6 Å². The average molecular weight is 240 g/mol. The Hall–Kier alpha value is -0.380. The molecule has 0 aliphatic carbocycles. The molecule has 1 unspecified atom stereocenters. The van der Waals surface area contributed by atoms with Gasteiger partial charge in [0.1, 0.15) is 0 Å². The Morgan fingerprint density at radius 3 is 2.56 bits per heavy atom. The minimum atomic E-state index is 0.341. The van der Waals surface area contributed by atoms with Gasteiger partial charge in [0.25, 0.3) is 0 Å². The highest BCUT2D eigenvalue weighted by Gasteiger charge is 2.21. The molecule has 0 bridgehead atoms. The number of thiophene rings is 1. The zero-order chi connectivity index (χ0) is 12.2. The Labute approximate surface area is 103 Å². The zero-order valence-electron chi connectivity index (χ0n) is 10.9. The molecule has 0 amide bonds. The second-order valence-corrected chi connectivity index (χ2v) is 6.68. The van der Waals surface area contributed by atoms with Crippen LogP contribution in [-0.2, 0) is 6.54 Å².